The highest BCUT2D eigenvalue weighted by atomic mass is 15.0. The van der Waals surface area contributed by atoms with Crippen molar-refractivity contribution in [2.45, 2.75) is 12.8 Å². The second-order valence-corrected chi connectivity index (χ2v) is 9.81. The number of benzene rings is 4. The van der Waals surface area contributed by atoms with Crippen LogP contribution in [0.1, 0.15) is 22.3 Å². The van der Waals surface area contributed by atoms with Gasteiger partial charge in [-0.05, 0) is 75.5 Å². The zero-order valence-electron chi connectivity index (χ0n) is 18.9. The van der Waals surface area contributed by atoms with Gasteiger partial charge in [-0.2, -0.15) is 0 Å². The predicted octanol–water partition coefficient (Wildman–Crippen LogP) is 7.33. The molecule has 0 N–H and O–H groups in total. The van der Waals surface area contributed by atoms with Crippen molar-refractivity contribution in [2.75, 3.05) is 0 Å². The molecule has 0 spiro atoms. The van der Waals surface area contributed by atoms with E-state index in [1.165, 1.54) is 60.7 Å². The molecule has 7 aromatic rings. The number of nitrogens with zero attached hydrogens (tertiary/aromatic N) is 3. The van der Waals surface area contributed by atoms with Crippen molar-refractivity contribution in [2.24, 2.45) is 0 Å². The average molecular weight is 446 g/mol. The number of hydrogen-bond acceptors (Lipinski definition) is 2. The Bertz CT molecular complexity index is 2060. The molecule has 3 aromatic heterocycles. The van der Waals surface area contributed by atoms with Gasteiger partial charge in [0.05, 0.1) is 22.7 Å². The van der Waals surface area contributed by atoms with Gasteiger partial charge >= 0.3 is 0 Å². The lowest BCUT2D eigenvalue weighted by molar-refractivity contribution is 1.23. The van der Waals surface area contributed by atoms with Crippen molar-refractivity contribution < 1.29 is 0 Å². The molecule has 3 heterocycles. The Morgan fingerprint density at radius 3 is 2.49 bits per heavy atom. The number of hydrogen-bond donors (Lipinski definition) is 0. The fraction of sp³-hybridized carbons (Fsp3) is 0.0625. The van der Waals surface area contributed by atoms with Crippen LogP contribution in [0, 0.1) is 0 Å². The third kappa shape index (κ3) is 2.12. The van der Waals surface area contributed by atoms with Crippen molar-refractivity contribution in [1.82, 2.24) is 14.4 Å². The first-order chi connectivity index (χ1) is 17.4. The highest BCUT2D eigenvalue weighted by molar-refractivity contribution is 6.20. The maximum Gasteiger partial charge on any atom is 0.146 e. The Balaban J connectivity index is 1.47. The van der Waals surface area contributed by atoms with E-state index in [1.807, 2.05) is 12.4 Å². The van der Waals surface area contributed by atoms with Gasteiger partial charge in [0.25, 0.3) is 0 Å². The molecule has 3 nitrogen and oxygen atoms in total. The number of imidazole rings is 1. The van der Waals surface area contributed by atoms with Gasteiger partial charge in [-0.1, -0.05) is 60.7 Å². The normalized spacial score (nSPS) is 13.5. The first kappa shape index (κ1) is 17.9. The van der Waals surface area contributed by atoms with Crippen LogP contribution in [0.2, 0.25) is 0 Å². The van der Waals surface area contributed by atoms with Gasteiger partial charge in [-0.3, -0.25) is 9.38 Å². The summed E-state index contributed by atoms with van der Waals surface area (Å²) < 4.78 is 2.28. The summed E-state index contributed by atoms with van der Waals surface area (Å²) in [5.41, 5.74) is 15.6. The van der Waals surface area contributed by atoms with Gasteiger partial charge in [-0.25, -0.2) is 4.98 Å². The Kier molecular flexibility index (Phi) is 3.14. The molecule has 0 aliphatic heterocycles. The molecule has 0 fully saturated rings. The SMILES string of the molecule is c1ccc2c(c1)Cc1ccc3c(c1-2)Cc1ccc2c(c1-3)c1ccncc1n1c3ccccc3nc21. The predicted molar refractivity (Wildman–Crippen MR) is 142 cm³/mol. The Hall–Kier alpha value is -4.50. The standard InChI is InChI=1S/C32H19N3/c1-2-6-21-18(5-1)15-19-9-11-22-25(29(19)21)16-20-10-12-24-31(30(20)22)23-13-14-33-17-28(23)35-27-8-4-3-7-26(27)34-32(24)35/h1-14,17H,15-16H2. The van der Waals surface area contributed by atoms with Crippen LogP contribution >= 0.6 is 0 Å². The Morgan fingerprint density at radius 1 is 0.629 bits per heavy atom. The Morgan fingerprint density at radius 2 is 1.49 bits per heavy atom. The number of fused-ring (bicyclic) bond motifs is 16. The van der Waals surface area contributed by atoms with Crippen LogP contribution in [0.4, 0.5) is 0 Å². The molecule has 0 unspecified atom stereocenters. The highest BCUT2D eigenvalue weighted by Crippen LogP contribution is 2.50. The third-order valence-electron chi connectivity index (χ3n) is 8.11. The van der Waals surface area contributed by atoms with Crippen molar-refractivity contribution in [1.29, 1.82) is 0 Å². The van der Waals surface area contributed by atoms with Crippen LogP contribution in [-0.2, 0) is 12.8 Å². The molecule has 0 bridgehead atoms. The molecule has 4 aromatic carbocycles. The second-order valence-electron chi connectivity index (χ2n) is 9.81. The topological polar surface area (TPSA) is 30.2 Å². The minimum absolute atomic E-state index is 0.978. The van der Waals surface area contributed by atoms with Gasteiger partial charge in [0.2, 0.25) is 0 Å². The van der Waals surface area contributed by atoms with Crippen molar-refractivity contribution in [3.63, 3.8) is 0 Å². The summed E-state index contributed by atoms with van der Waals surface area (Å²) in [6.07, 6.45) is 5.92. The molecule has 2 aliphatic carbocycles. The van der Waals surface area contributed by atoms with Crippen LogP contribution in [0.5, 0.6) is 0 Å². The van der Waals surface area contributed by atoms with Crippen molar-refractivity contribution in [3.05, 3.63) is 114 Å². The van der Waals surface area contributed by atoms with Crippen molar-refractivity contribution in [3.8, 4) is 22.3 Å². The second kappa shape index (κ2) is 6.13. The lowest BCUT2D eigenvalue weighted by Crippen LogP contribution is -1.94. The molecule has 0 saturated heterocycles. The first-order valence-electron chi connectivity index (χ1n) is 12.2. The van der Waals surface area contributed by atoms with Gasteiger partial charge in [0.15, 0.2) is 0 Å². The van der Waals surface area contributed by atoms with Gasteiger partial charge in [0.1, 0.15) is 5.65 Å². The fourth-order valence-electron chi connectivity index (χ4n) is 6.70. The van der Waals surface area contributed by atoms with E-state index in [0.29, 0.717) is 0 Å². The summed E-state index contributed by atoms with van der Waals surface area (Å²) in [4.78, 5) is 9.62. The summed E-state index contributed by atoms with van der Waals surface area (Å²) in [5, 5.41) is 3.73. The van der Waals surface area contributed by atoms with E-state index in [-0.39, 0.29) is 0 Å². The minimum Gasteiger partial charge on any atom is -0.290 e. The molecule has 0 radical (unpaired) electrons. The minimum atomic E-state index is 0.978. The lowest BCUT2D eigenvalue weighted by Gasteiger charge is -2.13. The molecule has 3 heteroatoms. The molecule has 35 heavy (non-hydrogen) atoms. The fourth-order valence-corrected chi connectivity index (χ4v) is 6.70. The molecule has 0 amide bonds. The number of aromatic nitrogens is 3. The van der Waals surface area contributed by atoms with Gasteiger partial charge in [0, 0.05) is 22.4 Å². The van der Waals surface area contributed by atoms with E-state index >= 15 is 0 Å². The van der Waals surface area contributed by atoms with Gasteiger partial charge in [-0.15, -0.1) is 0 Å². The monoisotopic (exact) mass is 445 g/mol. The quantitative estimate of drug-likeness (QED) is 0.229. The zero-order valence-corrected chi connectivity index (χ0v) is 18.9. The summed E-state index contributed by atoms with van der Waals surface area (Å²) in [6, 6.07) is 28.8. The van der Waals surface area contributed by atoms with E-state index < -0.39 is 0 Å². The zero-order chi connectivity index (χ0) is 22.7. The number of para-hydroxylation sites is 2. The summed E-state index contributed by atoms with van der Waals surface area (Å²) in [7, 11) is 0. The summed E-state index contributed by atoms with van der Waals surface area (Å²) >= 11 is 0. The maximum atomic E-state index is 5.10. The van der Waals surface area contributed by atoms with E-state index in [1.54, 1.807) is 0 Å². The van der Waals surface area contributed by atoms with Crippen LogP contribution in [-0.4, -0.2) is 14.4 Å². The van der Waals surface area contributed by atoms with Crippen LogP contribution in [0.15, 0.2) is 91.3 Å². The van der Waals surface area contributed by atoms with E-state index in [2.05, 4.69) is 88.2 Å². The molecule has 2 aliphatic rings. The molecular formula is C32H19N3. The largest absolute Gasteiger partial charge is 0.290 e. The van der Waals surface area contributed by atoms with Crippen LogP contribution < -0.4 is 0 Å². The maximum absolute atomic E-state index is 5.10. The summed E-state index contributed by atoms with van der Waals surface area (Å²) in [5.74, 6) is 0. The van der Waals surface area contributed by atoms with E-state index in [9.17, 15) is 0 Å². The van der Waals surface area contributed by atoms with Crippen LogP contribution in [0.25, 0.3) is 60.6 Å². The van der Waals surface area contributed by atoms with Crippen molar-refractivity contribution >= 4 is 38.4 Å². The molecule has 162 valence electrons. The molecular weight excluding hydrogens is 426 g/mol. The molecule has 9 rings (SSSR count). The average Bonchev–Trinajstić information content (AvgIpc) is 3.59. The lowest BCUT2D eigenvalue weighted by atomic mass is 9.93. The first-order valence-corrected chi connectivity index (χ1v) is 12.2. The van der Waals surface area contributed by atoms with E-state index in [4.69, 9.17) is 4.98 Å². The molecule has 0 atom stereocenters. The highest BCUT2D eigenvalue weighted by Gasteiger charge is 2.30. The van der Waals surface area contributed by atoms with E-state index in [0.717, 1.165) is 35.0 Å². The third-order valence-corrected chi connectivity index (χ3v) is 8.11. The smallest absolute Gasteiger partial charge is 0.146 e. The summed E-state index contributed by atoms with van der Waals surface area (Å²) in [6.45, 7) is 0. The molecule has 0 saturated carbocycles. The van der Waals surface area contributed by atoms with Gasteiger partial charge < -0.3 is 0 Å². The number of rotatable bonds is 0. The number of pyridine rings is 2. The Labute approximate surface area is 201 Å². The van der Waals surface area contributed by atoms with Crippen LogP contribution in [0.3, 0.4) is 0 Å².